The molecule has 5 aromatic rings. The van der Waals surface area contributed by atoms with E-state index in [0.29, 0.717) is 11.4 Å². The lowest BCUT2D eigenvalue weighted by atomic mass is 9.95. The van der Waals surface area contributed by atoms with Gasteiger partial charge in [-0.2, -0.15) is 5.10 Å². The Morgan fingerprint density at radius 1 is 1.09 bits per heavy atom. The first-order valence-electron chi connectivity index (χ1n) is 10.8. The Morgan fingerprint density at radius 2 is 1.94 bits per heavy atom. The van der Waals surface area contributed by atoms with Crippen LogP contribution < -0.4 is 0 Å². The number of benzene rings is 2. The maximum absolute atomic E-state index is 13.1. The molecule has 0 spiro atoms. The summed E-state index contributed by atoms with van der Waals surface area (Å²) in [5.74, 6) is -0.0857. The number of aromatic nitrogens is 5. The number of Topliss-reactive ketones (excluding diaryl/α,β-unsaturated/α-hetero) is 1. The predicted octanol–water partition coefficient (Wildman–Crippen LogP) is 4.34. The van der Waals surface area contributed by atoms with Crippen LogP contribution in [0.1, 0.15) is 46.6 Å². The molecular weight excluding hydrogens is 402 g/mol. The van der Waals surface area contributed by atoms with Crippen LogP contribution >= 0.6 is 0 Å². The summed E-state index contributed by atoms with van der Waals surface area (Å²) in [5, 5.41) is 18.4. The minimum atomic E-state index is -0.656. The van der Waals surface area contributed by atoms with E-state index in [9.17, 15) is 9.90 Å². The van der Waals surface area contributed by atoms with Crippen LogP contribution in [0.2, 0.25) is 0 Å². The van der Waals surface area contributed by atoms with Crippen LogP contribution in [0.3, 0.4) is 0 Å². The minimum absolute atomic E-state index is 0.236. The summed E-state index contributed by atoms with van der Waals surface area (Å²) in [7, 11) is 0. The van der Waals surface area contributed by atoms with E-state index in [1.165, 1.54) is 12.8 Å². The fraction of sp³-hybridized carbons (Fsp3) is 0.200. The molecule has 3 N–H and O–H groups in total. The summed E-state index contributed by atoms with van der Waals surface area (Å²) in [6, 6.07) is 17.2. The van der Waals surface area contributed by atoms with Gasteiger partial charge >= 0.3 is 0 Å². The molecule has 32 heavy (non-hydrogen) atoms. The van der Waals surface area contributed by atoms with Gasteiger partial charge in [-0.25, -0.2) is 4.98 Å². The molecule has 0 aliphatic heterocycles. The normalized spacial score (nSPS) is 14.8. The van der Waals surface area contributed by atoms with Crippen LogP contribution in [0.4, 0.5) is 0 Å². The van der Waals surface area contributed by atoms with Gasteiger partial charge in [0.15, 0.2) is 5.82 Å². The standard InChI is InChI=1S/C25H21N5O2/c31-13-18(14-4-2-1-3-5-14)24(32)25-27-21-11-17-20(12-22(21)28-25)29-30-23(17)16-8-9-26-19(10-16)15-6-7-15/h1-5,8-12,15,18,31H,6-7,13H2,(H,27,28)(H,29,30)/t18-/m1/s1. The average molecular weight is 423 g/mol. The van der Waals surface area contributed by atoms with Crippen molar-refractivity contribution in [2.24, 2.45) is 0 Å². The lowest BCUT2D eigenvalue weighted by Crippen LogP contribution is -2.18. The Balaban J connectivity index is 1.40. The summed E-state index contributed by atoms with van der Waals surface area (Å²) >= 11 is 0. The third-order valence-electron chi connectivity index (χ3n) is 6.15. The highest BCUT2D eigenvalue weighted by molar-refractivity contribution is 6.04. The smallest absolute Gasteiger partial charge is 0.207 e. The molecule has 3 heterocycles. The minimum Gasteiger partial charge on any atom is -0.395 e. The molecule has 0 amide bonds. The fourth-order valence-corrected chi connectivity index (χ4v) is 4.25. The van der Waals surface area contributed by atoms with Crippen LogP contribution in [0.5, 0.6) is 0 Å². The van der Waals surface area contributed by atoms with Crippen LogP contribution in [0, 0.1) is 0 Å². The largest absolute Gasteiger partial charge is 0.395 e. The summed E-state index contributed by atoms with van der Waals surface area (Å²) in [6.07, 6.45) is 4.23. The third kappa shape index (κ3) is 3.18. The van der Waals surface area contributed by atoms with Crippen molar-refractivity contribution in [2.75, 3.05) is 6.61 Å². The van der Waals surface area contributed by atoms with Gasteiger partial charge in [0.1, 0.15) is 5.69 Å². The molecule has 1 fully saturated rings. The molecule has 2 aromatic carbocycles. The van der Waals surface area contributed by atoms with Crippen molar-refractivity contribution in [1.29, 1.82) is 0 Å². The Hall–Kier alpha value is -3.84. The molecular formula is C25H21N5O2. The first kappa shape index (κ1) is 18.9. The second-order valence-corrected chi connectivity index (χ2v) is 8.33. The molecule has 1 aliphatic rings. The van der Waals surface area contributed by atoms with Gasteiger partial charge in [0.25, 0.3) is 0 Å². The lowest BCUT2D eigenvalue weighted by Gasteiger charge is -2.11. The zero-order valence-electron chi connectivity index (χ0n) is 17.2. The van der Waals surface area contributed by atoms with Crippen molar-refractivity contribution >= 4 is 27.7 Å². The SMILES string of the molecule is O=C(c1nc2cc3c(-c4ccnc(C5CC5)c4)n[nH]c3cc2[nH]1)[C@H](CO)c1ccccc1. The van der Waals surface area contributed by atoms with Crippen molar-refractivity contribution in [3.8, 4) is 11.3 Å². The number of carbonyl (C=O) groups excluding carboxylic acids is 1. The number of fused-ring (bicyclic) bond motifs is 2. The summed E-state index contributed by atoms with van der Waals surface area (Å²) in [5.41, 5.74) is 6.04. The van der Waals surface area contributed by atoms with E-state index in [1.54, 1.807) is 0 Å². The summed E-state index contributed by atoms with van der Waals surface area (Å²) in [6.45, 7) is -0.278. The molecule has 158 valence electrons. The van der Waals surface area contributed by atoms with E-state index in [4.69, 9.17) is 0 Å². The van der Waals surface area contributed by atoms with E-state index in [2.05, 4.69) is 31.2 Å². The average Bonchev–Trinajstić information content (AvgIpc) is 3.48. The molecule has 6 rings (SSSR count). The van der Waals surface area contributed by atoms with E-state index >= 15 is 0 Å². The molecule has 7 heteroatoms. The highest BCUT2D eigenvalue weighted by Gasteiger charge is 2.26. The monoisotopic (exact) mass is 423 g/mol. The number of aliphatic hydroxyl groups excluding tert-OH is 1. The third-order valence-corrected chi connectivity index (χ3v) is 6.15. The fourth-order valence-electron chi connectivity index (χ4n) is 4.25. The molecule has 1 saturated carbocycles. The Morgan fingerprint density at radius 3 is 2.72 bits per heavy atom. The number of ketones is 1. The van der Waals surface area contributed by atoms with Gasteiger partial charge in [-0.05, 0) is 42.7 Å². The number of aromatic amines is 2. The van der Waals surface area contributed by atoms with Gasteiger partial charge in [0.2, 0.25) is 5.78 Å². The van der Waals surface area contributed by atoms with E-state index < -0.39 is 5.92 Å². The number of rotatable bonds is 6. The molecule has 0 unspecified atom stereocenters. The second-order valence-electron chi connectivity index (χ2n) is 8.33. The number of carbonyl (C=O) groups is 1. The van der Waals surface area contributed by atoms with Gasteiger partial charge < -0.3 is 10.1 Å². The van der Waals surface area contributed by atoms with Gasteiger partial charge in [0.05, 0.1) is 29.1 Å². The van der Waals surface area contributed by atoms with Crippen molar-refractivity contribution in [3.05, 3.63) is 77.9 Å². The van der Waals surface area contributed by atoms with Crippen molar-refractivity contribution in [2.45, 2.75) is 24.7 Å². The zero-order chi connectivity index (χ0) is 21.7. The van der Waals surface area contributed by atoms with E-state index in [-0.39, 0.29) is 18.2 Å². The number of nitrogens with zero attached hydrogens (tertiary/aromatic N) is 3. The number of hydrogen-bond acceptors (Lipinski definition) is 5. The van der Waals surface area contributed by atoms with Gasteiger partial charge in [0, 0.05) is 28.8 Å². The summed E-state index contributed by atoms with van der Waals surface area (Å²) in [4.78, 5) is 25.3. The molecule has 3 aromatic heterocycles. The van der Waals surface area contributed by atoms with Crippen LogP contribution in [-0.4, -0.2) is 42.6 Å². The van der Waals surface area contributed by atoms with Crippen LogP contribution in [0.15, 0.2) is 60.8 Å². The highest BCUT2D eigenvalue weighted by Crippen LogP contribution is 2.40. The molecule has 1 atom stereocenters. The van der Waals surface area contributed by atoms with Crippen LogP contribution in [0.25, 0.3) is 33.2 Å². The quantitative estimate of drug-likeness (QED) is 0.352. The number of H-pyrrole nitrogens is 2. The Bertz CT molecular complexity index is 1450. The molecule has 0 radical (unpaired) electrons. The number of imidazole rings is 1. The topological polar surface area (TPSA) is 108 Å². The molecule has 7 nitrogen and oxygen atoms in total. The van der Waals surface area contributed by atoms with E-state index in [0.717, 1.165) is 38.9 Å². The molecule has 1 aliphatic carbocycles. The first-order valence-corrected chi connectivity index (χ1v) is 10.8. The van der Waals surface area contributed by atoms with Gasteiger partial charge in [-0.15, -0.1) is 0 Å². The maximum Gasteiger partial charge on any atom is 0.207 e. The number of pyridine rings is 1. The van der Waals surface area contributed by atoms with Crippen molar-refractivity contribution in [1.82, 2.24) is 25.1 Å². The lowest BCUT2D eigenvalue weighted by molar-refractivity contribution is 0.0913. The number of aliphatic hydroxyl groups is 1. The van der Waals surface area contributed by atoms with Crippen LogP contribution in [-0.2, 0) is 0 Å². The van der Waals surface area contributed by atoms with Gasteiger partial charge in [-0.3, -0.25) is 14.9 Å². The summed E-state index contributed by atoms with van der Waals surface area (Å²) < 4.78 is 0. The Kier molecular flexibility index (Phi) is 4.36. The van der Waals surface area contributed by atoms with Crippen molar-refractivity contribution in [3.63, 3.8) is 0 Å². The molecule has 0 bridgehead atoms. The van der Waals surface area contributed by atoms with Crippen molar-refractivity contribution < 1.29 is 9.90 Å². The first-order chi connectivity index (χ1) is 15.7. The maximum atomic E-state index is 13.1. The number of nitrogens with one attached hydrogen (secondary N) is 2. The number of hydrogen-bond donors (Lipinski definition) is 3. The van der Waals surface area contributed by atoms with E-state index in [1.807, 2.05) is 54.7 Å². The predicted molar refractivity (Wildman–Crippen MR) is 122 cm³/mol. The Labute approximate surface area is 183 Å². The molecule has 0 saturated heterocycles. The highest BCUT2D eigenvalue weighted by atomic mass is 16.3. The zero-order valence-corrected chi connectivity index (χ0v) is 17.2. The second kappa shape index (κ2) is 7.39. The van der Waals surface area contributed by atoms with Gasteiger partial charge in [-0.1, -0.05) is 30.3 Å².